The van der Waals surface area contributed by atoms with Gasteiger partial charge in [0.05, 0.1) is 0 Å². The normalized spacial score (nSPS) is 15.9. The Morgan fingerprint density at radius 2 is 1.60 bits per heavy atom. The molecule has 0 radical (unpaired) electrons. The molecule has 0 heterocycles. The minimum absolute atomic E-state index is 2.92. The van der Waals surface area contributed by atoms with E-state index in [2.05, 4.69) is 16.3 Å². The smallest absolute Gasteiger partial charge is 0.294 e. The second-order valence-corrected chi connectivity index (χ2v) is 1.65. The number of alkyl halides is 6. The van der Waals surface area contributed by atoms with E-state index in [9.17, 15) is 22.0 Å². The van der Waals surface area contributed by atoms with Crippen molar-refractivity contribution in [3.05, 3.63) is 0 Å². The minimum Gasteiger partial charge on any atom is -0.294 e. The highest BCUT2D eigenvalue weighted by Gasteiger charge is 2.41. The van der Waals surface area contributed by atoms with Crippen LogP contribution in [0.25, 0.3) is 0 Å². The second-order valence-electron chi connectivity index (χ2n) is 1.25. The molecule has 0 amide bonds. The van der Waals surface area contributed by atoms with Gasteiger partial charge >= 0.3 is 12.8 Å². The van der Waals surface area contributed by atoms with Gasteiger partial charge in [-0.15, -0.1) is 0 Å². The quantitative estimate of drug-likeness (QED) is 0.473. The number of hydrogen-bond acceptors (Lipinski definition) is 1. The molecular weight excluding hydrogens is 182 g/mol. The van der Waals surface area contributed by atoms with Crippen molar-refractivity contribution in [1.29, 1.82) is 0 Å². The fraction of sp³-hybridized carbons (Fsp3) is 1.00. The summed E-state index contributed by atoms with van der Waals surface area (Å²) in [7, 11) is 0. The predicted molar refractivity (Wildman–Crippen MR) is 22.8 cm³/mol. The van der Waals surface area contributed by atoms with Crippen molar-refractivity contribution in [2.45, 2.75) is 18.4 Å². The van der Waals surface area contributed by atoms with E-state index in [1.165, 1.54) is 0 Å². The van der Waals surface area contributed by atoms with Gasteiger partial charge in [-0.25, -0.2) is 0 Å². The molecule has 0 N–H and O–H groups in total. The molecule has 0 aromatic rings. The molecule has 0 aliphatic heterocycles. The van der Waals surface area contributed by atoms with Crippen molar-refractivity contribution in [3.63, 3.8) is 0 Å². The molecule has 0 bridgehead atoms. The van der Waals surface area contributed by atoms with Crippen molar-refractivity contribution in [2.75, 3.05) is 0 Å². The lowest BCUT2D eigenvalue weighted by molar-refractivity contribution is -0.246. The van der Waals surface area contributed by atoms with Crippen molar-refractivity contribution < 1.29 is 26.7 Å². The molecule has 0 aromatic heterocycles. The van der Waals surface area contributed by atoms with Crippen LogP contribution in [0.5, 0.6) is 0 Å². The van der Waals surface area contributed by atoms with E-state index in [1.54, 1.807) is 0 Å². The fourth-order valence-electron chi connectivity index (χ4n) is 0.167. The summed E-state index contributed by atoms with van der Waals surface area (Å²) in [6.45, 7) is -3.51. The highest BCUT2D eigenvalue weighted by molar-refractivity contribution is 6.20. The lowest BCUT2D eigenvalue weighted by Crippen LogP contribution is -2.27. The molecule has 0 unspecified atom stereocenters. The van der Waals surface area contributed by atoms with Gasteiger partial charge in [0.15, 0.2) is 0 Å². The van der Waals surface area contributed by atoms with Crippen LogP contribution in [0, 0.1) is 0 Å². The van der Waals surface area contributed by atoms with Gasteiger partial charge in [0.1, 0.15) is 0 Å². The van der Waals surface area contributed by atoms with Gasteiger partial charge in [0.25, 0.3) is 0 Å². The van der Waals surface area contributed by atoms with Gasteiger partial charge in [-0.1, -0.05) is 11.6 Å². The molecule has 0 rings (SSSR count). The van der Waals surface area contributed by atoms with Gasteiger partial charge in [-0.3, -0.25) is 4.74 Å². The Labute approximate surface area is 57.7 Å². The maximum Gasteiger partial charge on any atom is 0.428 e. The predicted octanol–water partition coefficient (Wildman–Crippen LogP) is 2.35. The number of halogens is 6. The Balaban J connectivity index is 3.73. The molecule has 0 spiro atoms. The third-order valence-electron chi connectivity index (χ3n) is 0.480. The number of ether oxygens (including phenoxy) is 1. The second kappa shape index (κ2) is 3.34. The van der Waals surface area contributed by atoms with Crippen LogP contribution in [0.3, 0.4) is 0 Å². The molecular formula is C3H2ClF5O. The monoisotopic (exact) mass is 184 g/mol. The van der Waals surface area contributed by atoms with Crippen molar-refractivity contribution in [2.24, 2.45) is 0 Å². The summed E-state index contributed by atoms with van der Waals surface area (Å²) in [5.41, 5.74) is -2.94. The largest absolute Gasteiger partial charge is 0.428 e. The minimum atomic E-state index is -4.95. The summed E-state index contributed by atoms with van der Waals surface area (Å²) in [5.74, 6) is 0. The zero-order chi connectivity index (χ0) is 8.36. The van der Waals surface area contributed by atoms with Crippen molar-refractivity contribution in [3.8, 4) is 0 Å². The molecule has 1 nitrogen and oxygen atoms in total. The zero-order valence-electron chi connectivity index (χ0n) is 4.33. The first kappa shape index (κ1) is 9.90. The van der Waals surface area contributed by atoms with Gasteiger partial charge in [-0.2, -0.15) is 22.0 Å². The molecule has 0 fully saturated rings. The molecule has 0 aliphatic rings. The molecule has 0 saturated heterocycles. The van der Waals surface area contributed by atoms with Crippen LogP contribution >= 0.6 is 11.6 Å². The zero-order valence-corrected chi connectivity index (χ0v) is 5.09. The Bertz CT molecular complexity index is 102. The van der Waals surface area contributed by atoms with Crippen molar-refractivity contribution in [1.82, 2.24) is 0 Å². The molecule has 0 aliphatic carbocycles. The molecule has 7 heteroatoms. The lowest BCUT2D eigenvalue weighted by Gasteiger charge is -2.12. The summed E-state index contributed by atoms with van der Waals surface area (Å²) in [6, 6.07) is 0. The van der Waals surface area contributed by atoms with Gasteiger partial charge in [0, 0.05) is 0 Å². The summed E-state index contributed by atoms with van der Waals surface area (Å²) in [4.78, 5) is 0. The Morgan fingerprint density at radius 1 is 1.20 bits per heavy atom. The van der Waals surface area contributed by atoms with E-state index >= 15 is 0 Å². The highest BCUT2D eigenvalue weighted by atomic mass is 35.5. The Morgan fingerprint density at radius 3 is 1.70 bits per heavy atom. The average molecular weight is 184 g/mol. The van der Waals surface area contributed by atoms with Crippen LogP contribution in [0.2, 0.25) is 0 Å². The topological polar surface area (TPSA) is 9.23 Å². The third-order valence-corrected chi connectivity index (χ3v) is 0.830. The third kappa shape index (κ3) is 3.84. The Kier molecular flexibility index (Phi) is 3.30. The molecule has 0 saturated carbocycles. The number of rotatable bonds is 2. The maximum absolute atomic E-state index is 11.2. The van der Waals surface area contributed by atoms with E-state index in [0.717, 1.165) is 0 Å². The maximum atomic E-state index is 11.2. The molecule has 10 heavy (non-hydrogen) atoms. The first-order valence-electron chi connectivity index (χ1n) is 1.98. The van der Waals surface area contributed by atoms with E-state index in [1.807, 2.05) is 0 Å². The Hall–Kier alpha value is -0.100. The van der Waals surface area contributed by atoms with Crippen LogP contribution in [-0.2, 0) is 4.74 Å². The first-order valence-corrected chi connectivity index (χ1v) is 2.42. The van der Waals surface area contributed by atoms with E-state index < -0.39 is 18.4 Å². The summed E-state index contributed by atoms with van der Waals surface area (Å²) in [6.07, 6.45) is -4.95. The van der Waals surface area contributed by atoms with Crippen LogP contribution in [0.4, 0.5) is 22.0 Å². The van der Waals surface area contributed by atoms with Gasteiger partial charge < -0.3 is 0 Å². The van der Waals surface area contributed by atoms with Gasteiger partial charge in [-0.05, 0) is 0 Å². The molecule has 1 atom stereocenters. The summed E-state index contributed by atoms with van der Waals surface area (Å²) < 4.78 is 58.6. The van der Waals surface area contributed by atoms with E-state index in [-0.39, 0.29) is 0 Å². The van der Waals surface area contributed by atoms with E-state index in [4.69, 9.17) is 0 Å². The fourth-order valence-corrected chi connectivity index (χ4v) is 0.245. The molecule has 62 valence electrons. The highest BCUT2D eigenvalue weighted by Crippen LogP contribution is 2.26. The lowest BCUT2D eigenvalue weighted by atomic mass is 10.7. The van der Waals surface area contributed by atoms with Crippen LogP contribution < -0.4 is 0 Å². The van der Waals surface area contributed by atoms with E-state index in [0.29, 0.717) is 0 Å². The summed E-state index contributed by atoms with van der Waals surface area (Å²) >= 11 is 4.32. The average Bonchev–Trinajstić information content (AvgIpc) is 1.60. The van der Waals surface area contributed by atoms with Gasteiger partial charge in [0.2, 0.25) is 5.56 Å². The van der Waals surface area contributed by atoms with Crippen LogP contribution in [0.15, 0.2) is 0 Å². The van der Waals surface area contributed by atoms with Crippen LogP contribution in [-0.4, -0.2) is 18.4 Å². The standard InChI is InChI=1S/C3H2ClF5O/c4-1(3(7,8)9)10-2(5)6/h1-2H/t1-/m0/s1. The van der Waals surface area contributed by atoms with Crippen molar-refractivity contribution >= 4 is 11.6 Å². The van der Waals surface area contributed by atoms with Crippen LogP contribution in [0.1, 0.15) is 0 Å². The summed E-state index contributed by atoms with van der Waals surface area (Å²) in [5, 5.41) is 0. The SMILES string of the molecule is FC(F)O[C@H](Cl)C(F)(F)F. The molecule has 0 aromatic carbocycles. The number of hydrogen-bond donors (Lipinski definition) is 0. The first-order chi connectivity index (χ1) is 4.34.